The molecule has 0 amide bonds. The summed E-state index contributed by atoms with van der Waals surface area (Å²) in [5, 5.41) is 8.17. The van der Waals surface area contributed by atoms with Gasteiger partial charge >= 0.3 is 0 Å². The minimum Gasteiger partial charge on any atom is -0.378 e. The summed E-state index contributed by atoms with van der Waals surface area (Å²) in [6.07, 6.45) is 4.27. The van der Waals surface area contributed by atoms with E-state index in [9.17, 15) is 0 Å². The molecule has 3 rings (SSSR count). The first-order chi connectivity index (χ1) is 10.2. The number of likely N-dealkylation sites (tertiary alicyclic amines) is 1. The maximum absolute atomic E-state index is 4.50. The van der Waals surface area contributed by atoms with Crippen molar-refractivity contribution in [1.29, 1.82) is 0 Å². The summed E-state index contributed by atoms with van der Waals surface area (Å²) in [6, 6.07) is 11.2. The maximum Gasteiger partial charge on any atom is 0.0853 e. The number of benzene rings is 1. The number of hydrogen-bond donors (Lipinski definition) is 1. The van der Waals surface area contributed by atoms with Crippen LogP contribution in [0.1, 0.15) is 24.6 Å². The quantitative estimate of drug-likeness (QED) is 0.916. The van der Waals surface area contributed by atoms with Gasteiger partial charge in [-0.1, -0.05) is 37.3 Å². The van der Waals surface area contributed by atoms with E-state index < -0.39 is 0 Å². The summed E-state index contributed by atoms with van der Waals surface area (Å²) < 4.78 is 1.90. The van der Waals surface area contributed by atoms with Crippen LogP contribution in [0.2, 0.25) is 0 Å². The largest absolute Gasteiger partial charge is 0.378 e. The lowest BCUT2D eigenvalue weighted by molar-refractivity contribution is 0.328. The fourth-order valence-electron chi connectivity index (χ4n) is 3.07. The molecule has 21 heavy (non-hydrogen) atoms. The Kier molecular flexibility index (Phi) is 4.25. The Hall–Kier alpha value is -1.81. The van der Waals surface area contributed by atoms with Gasteiger partial charge < -0.3 is 5.32 Å². The highest BCUT2D eigenvalue weighted by Gasteiger charge is 2.23. The number of anilines is 1. The lowest BCUT2D eigenvalue weighted by atomic mass is 10.2. The Morgan fingerprint density at radius 1 is 1.29 bits per heavy atom. The zero-order valence-electron chi connectivity index (χ0n) is 12.9. The van der Waals surface area contributed by atoms with E-state index in [0.29, 0.717) is 6.04 Å². The van der Waals surface area contributed by atoms with Crippen LogP contribution < -0.4 is 5.32 Å². The molecule has 1 N–H and O–H groups in total. The minimum absolute atomic E-state index is 0.531. The molecule has 0 aliphatic carbocycles. The topological polar surface area (TPSA) is 33.1 Å². The lowest BCUT2D eigenvalue weighted by Crippen LogP contribution is -2.26. The van der Waals surface area contributed by atoms with Crippen molar-refractivity contribution in [2.75, 3.05) is 18.4 Å². The standard InChI is InChI=1S/C17H24N4/c1-3-16-17(13-20(2)19-16)18-15-9-10-21(12-15)11-14-7-5-4-6-8-14/h4-8,13,15,18H,3,9-12H2,1-2H3. The molecule has 1 aromatic heterocycles. The Morgan fingerprint density at radius 2 is 2.10 bits per heavy atom. The summed E-state index contributed by atoms with van der Waals surface area (Å²) in [5.74, 6) is 0. The smallest absolute Gasteiger partial charge is 0.0853 e. The molecule has 1 unspecified atom stereocenters. The van der Waals surface area contributed by atoms with E-state index in [1.807, 2.05) is 11.7 Å². The van der Waals surface area contributed by atoms with Crippen LogP contribution in [0.15, 0.2) is 36.5 Å². The predicted octanol–water partition coefficient (Wildman–Crippen LogP) is 2.67. The van der Waals surface area contributed by atoms with E-state index in [0.717, 1.165) is 26.1 Å². The van der Waals surface area contributed by atoms with Gasteiger partial charge in [0.2, 0.25) is 0 Å². The van der Waals surface area contributed by atoms with Gasteiger partial charge in [0.15, 0.2) is 0 Å². The Morgan fingerprint density at radius 3 is 2.86 bits per heavy atom. The van der Waals surface area contributed by atoms with Gasteiger partial charge in [0.1, 0.15) is 0 Å². The molecule has 1 atom stereocenters. The number of nitrogens with zero attached hydrogens (tertiary/aromatic N) is 3. The van der Waals surface area contributed by atoms with Gasteiger partial charge in [-0.15, -0.1) is 0 Å². The molecular weight excluding hydrogens is 260 g/mol. The zero-order valence-corrected chi connectivity index (χ0v) is 12.9. The van der Waals surface area contributed by atoms with Crippen LogP contribution >= 0.6 is 0 Å². The minimum atomic E-state index is 0.531. The molecule has 0 saturated carbocycles. The van der Waals surface area contributed by atoms with Gasteiger partial charge in [-0.05, 0) is 18.4 Å². The molecule has 1 aromatic carbocycles. The van der Waals surface area contributed by atoms with Gasteiger partial charge in [-0.25, -0.2) is 0 Å². The first kappa shape index (κ1) is 14.1. The van der Waals surface area contributed by atoms with Crippen LogP contribution in [0.3, 0.4) is 0 Å². The molecule has 4 nitrogen and oxygen atoms in total. The SMILES string of the molecule is CCc1nn(C)cc1NC1CCN(Cc2ccccc2)C1. The fourth-order valence-corrected chi connectivity index (χ4v) is 3.07. The number of hydrogen-bond acceptors (Lipinski definition) is 3. The van der Waals surface area contributed by atoms with Crippen LogP contribution in [0.4, 0.5) is 5.69 Å². The Bertz CT molecular complexity index is 576. The molecule has 2 heterocycles. The van der Waals surface area contributed by atoms with Gasteiger partial charge in [0.05, 0.1) is 11.4 Å². The van der Waals surface area contributed by atoms with E-state index in [-0.39, 0.29) is 0 Å². The van der Waals surface area contributed by atoms with Crippen LogP contribution in [-0.4, -0.2) is 33.8 Å². The van der Waals surface area contributed by atoms with E-state index in [1.54, 1.807) is 0 Å². The summed E-state index contributed by atoms with van der Waals surface area (Å²) >= 11 is 0. The highest BCUT2D eigenvalue weighted by atomic mass is 15.3. The van der Waals surface area contributed by atoms with E-state index in [2.05, 4.69) is 58.8 Å². The summed E-state index contributed by atoms with van der Waals surface area (Å²) in [5.41, 5.74) is 3.76. The van der Waals surface area contributed by atoms with Crippen molar-refractivity contribution in [2.45, 2.75) is 32.4 Å². The second kappa shape index (κ2) is 6.31. The van der Waals surface area contributed by atoms with E-state index in [1.165, 1.54) is 23.4 Å². The summed E-state index contributed by atoms with van der Waals surface area (Å²) in [7, 11) is 1.99. The Balaban J connectivity index is 1.57. The third-order valence-corrected chi connectivity index (χ3v) is 4.12. The van der Waals surface area contributed by atoms with Gasteiger partial charge in [0, 0.05) is 38.9 Å². The van der Waals surface area contributed by atoms with Gasteiger partial charge in [0.25, 0.3) is 0 Å². The molecule has 1 fully saturated rings. The van der Waals surface area contributed by atoms with Crippen molar-refractivity contribution in [2.24, 2.45) is 7.05 Å². The molecule has 4 heteroatoms. The van der Waals surface area contributed by atoms with Crippen LogP contribution in [0, 0.1) is 0 Å². The molecule has 0 bridgehead atoms. The summed E-state index contributed by atoms with van der Waals surface area (Å²) in [6.45, 7) is 5.47. The third kappa shape index (κ3) is 3.45. The first-order valence-electron chi connectivity index (χ1n) is 7.80. The molecular formula is C17H24N4. The molecule has 1 saturated heterocycles. The molecule has 0 spiro atoms. The first-order valence-corrected chi connectivity index (χ1v) is 7.80. The summed E-state index contributed by atoms with van der Waals surface area (Å²) in [4.78, 5) is 2.52. The van der Waals surface area contributed by atoms with Crippen molar-refractivity contribution >= 4 is 5.69 Å². The number of nitrogens with one attached hydrogen (secondary N) is 1. The lowest BCUT2D eigenvalue weighted by Gasteiger charge is -2.17. The van der Waals surface area contributed by atoms with Crippen molar-refractivity contribution in [3.63, 3.8) is 0 Å². The molecule has 2 aromatic rings. The monoisotopic (exact) mass is 284 g/mol. The van der Waals surface area contributed by atoms with E-state index >= 15 is 0 Å². The number of aromatic nitrogens is 2. The maximum atomic E-state index is 4.50. The average Bonchev–Trinajstić information content (AvgIpc) is 3.07. The normalized spacial score (nSPS) is 19.0. The second-order valence-electron chi connectivity index (χ2n) is 5.87. The fraction of sp³-hybridized carbons (Fsp3) is 0.471. The molecule has 112 valence electrons. The van der Waals surface area contributed by atoms with Crippen molar-refractivity contribution in [3.05, 3.63) is 47.8 Å². The highest BCUT2D eigenvalue weighted by Crippen LogP contribution is 2.20. The highest BCUT2D eigenvalue weighted by molar-refractivity contribution is 5.47. The molecule has 0 radical (unpaired) electrons. The van der Waals surface area contributed by atoms with Crippen molar-refractivity contribution in [3.8, 4) is 0 Å². The van der Waals surface area contributed by atoms with Crippen LogP contribution in [0.25, 0.3) is 0 Å². The third-order valence-electron chi connectivity index (χ3n) is 4.12. The predicted molar refractivity (Wildman–Crippen MR) is 86.3 cm³/mol. The van der Waals surface area contributed by atoms with E-state index in [4.69, 9.17) is 0 Å². The number of rotatable bonds is 5. The average molecular weight is 284 g/mol. The second-order valence-corrected chi connectivity index (χ2v) is 5.87. The van der Waals surface area contributed by atoms with Gasteiger partial charge in [-0.2, -0.15) is 5.10 Å². The van der Waals surface area contributed by atoms with Crippen molar-refractivity contribution < 1.29 is 0 Å². The zero-order chi connectivity index (χ0) is 14.7. The van der Waals surface area contributed by atoms with Crippen LogP contribution in [-0.2, 0) is 20.0 Å². The molecule has 1 aliphatic rings. The van der Waals surface area contributed by atoms with Gasteiger partial charge in [-0.3, -0.25) is 9.58 Å². The number of aryl methyl sites for hydroxylation is 2. The Labute approximate surface area is 126 Å². The van der Waals surface area contributed by atoms with Crippen LogP contribution in [0.5, 0.6) is 0 Å². The van der Waals surface area contributed by atoms with Crippen molar-refractivity contribution in [1.82, 2.24) is 14.7 Å². The molecule has 1 aliphatic heterocycles.